The zero-order valence-corrected chi connectivity index (χ0v) is 11.1. The second kappa shape index (κ2) is 6.72. The van der Waals surface area contributed by atoms with E-state index in [2.05, 4.69) is 12.2 Å². The molecule has 2 unspecified atom stereocenters. The Morgan fingerprint density at radius 2 is 2.06 bits per heavy atom. The fourth-order valence-corrected chi connectivity index (χ4v) is 1.85. The number of rotatable bonds is 6. The van der Waals surface area contributed by atoms with Crippen molar-refractivity contribution in [3.05, 3.63) is 35.1 Å². The minimum absolute atomic E-state index is 0.122. The van der Waals surface area contributed by atoms with Gasteiger partial charge in [0.25, 0.3) is 0 Å². The van der Waals surface area contributed by atoms with Gasteiger partial charge in [0, 0.05) is 19.7 Å². The maximum atomic E-state index is 13.7. The lowest BCUT2D eigenvalue weighted by molar-refractivity contribution is 0.195. The standard InChI is InChI=1S/C14H22FNO/c1-10-5-6-14(15)13(9-10)11(2)12(3)16-7-8-17-4/h5-6,9,11-12,16H,7-8H2,1-4H3. The van der Waals surface area contributed by atoms with Crippen LogP contribution in [0.25, 0.3) is 0 Å². The van der Waals surface area contributed by atoms with Crippen molar-refractivity contribution >= 4 is 0 Å². The zero-order valence-electron chi connectivity index (χ0n) is 11.1. The number of hydrogen-bond donors (Lipinski definition) is 1. The van der Waals surface area contributed by atoms with E-state index in [0.717, 1.165) is 17.7 Å². The van der Waals surface area contributed by atoms with Crippen LogP contribution in [0.4, 0.5) is 4.39 Å². The fourth-order valence-electron chi connectivity index (χ4n) is 1.85. The van der Waals surface area contributed by atoms with Crippen molar-refractivity contribution in [3.8, 4) is 0 Å². The van der Waals surface area contributed by atoms with Crippen LogP contribution >= 0.6 is 0 Å². The van der Waals surface area contributed by atoms with Crippen LogP contribution in [0.2, 0.25) is 0 Å². The minimum atomic E-state index is -0.122. The van der Waals surface area contributed by atoms with E-state index in [-0.39, 0.29) is 17.8 Å². The lowest BCUT2D eigenvalue weighted by atomic mass is 9.93. The summed E-state index contributed by atoms with van der Waals surface area (Å²) in [6, 6.07) is 5.49. The number of nitrogens with one attached hydrogen (secondary N) is 1. The summed E-state index contributed by atoms with van der Waals surface area (Å²) in [5.41, 5.74) is 1.87. The second-order valence-electron chi connectivity index (χ2n) is 4.55. The molecular weight excluding hydrogens is 217 g/mol. The molecule has 0 aliphatic heterocycles. The zero-order chi connectivity index (χ0) is 12.8. The van der Waals surface area contributed by atoms with E-state index in [0.29, 0.717) is 6.61 Å². The summed E-state index contributed by atoms with van der Waals surface area (Å²) in [4.78, 5) is 0. The van der Waals surface area contributed by atoms with Crippen LogP contribution in [0.5, 0.6) is 0 Å². The highest BCUT2D eigenvalue weighted by Gasteiger charge is 2.17. The van der Waals surface area contributed by atoms with Crippen molar-refractivity contribution in [2.24, 2.45) is 0 Å². The van der Waals surface area contributed by atoms with Crippen LogP contribution in [-0.4, -0.2) is 26.3 Å². The van der Waals surface area contributed by atoms with Gasteiger partial charge in [-0.2, -0.15) is 0 Å². The molecule has 2 nitrogen and oxygen atoms in total. The average molecular weight is 239 g/mol. The van der Waals surface area contributed by atoms with Crippen molar-refractivity contribution in [3.63, 3.8) is 0 Å². The van der Waals surface area contributed by atoms with Gasteiger partial charge in [0.15, 0.2) is 0 Å². The van der Waals surface area contributed by atoms with Crippen LogP contribution in [0.15, 0.2) is 18.2 Å². The Balaban J connectivity index is 2.67. The third-order valence-electron chi connectivity index (χ3n) is 3.16. The van der Waals surface area contributed by atoms with Crippen LogP contribution in [0.1, 0.15) is 30.9 Å². The third kappa shape index (κ3) is 4.10. The molecule has 0 bridgehead atoms. The number of halogens is 1. The monoisotopic (exact) mass is 239 g/mol. The predicted molar refractivity (Wildman–Crippen MR) is 68.9 cm³/mol. The molecule has 0 fully saturated rings. The Labute approximate surface area is 103 Å². The van der Waals surface area contributed by atoms with Crippen molar-refractivity contribution in [1.82, 2.24) is 5.32 Å². The van der Waals surface area contributed by atoms with Gasteiger partial charge < -0.3 is 10.1 Å². The number of ether oxygens (including phenoxy) is 1. The maximum absolute atomic E-state index is 13.7. The summed E-state index contributed by atoms with van der Waals surface area (Å²) in [5, 5.41) is 3.34. The highest BCUT2D eigenvalue weighted by atomic mass is 19.1. The molecule has 0 heterocycles. The molecule has 96 valence electrons. The van der Waals surface area contributed by atoms with Crippen molar-refractivity contribution < 1.29 is 9.13 Å². The fraction of sp³-hybridized carbons (Fsp3) is 0.571. The topological polar surface area (TPSA) is 21.3 Å². The molecule has 17 heavy (non-hydrogen) atoms. The number of methoxy groups -OCH3 is 1. The van der Waals surface area contributed by atoms with E-state index in [1.54, 1.807) is 19.2 Å². The van der Waals surface area contributed by atoms with Crippen LogP contribution in [0.3, 0.4) is 0 Å². The summed E-state index contributed by atoms with van der Waals surface area (Å²) < 4.78 is 18.7. The lowest BCUT2D eigenvalue weighted by Gasteiger charge is -2.22. The largest absolute Gasteiger partial charge is 0.383 e. The van der Waals surface area contributed by atoms with Gasteiger partial charge in [-0.05, 0) is 31.4 Å². The Hall–Kier alpha value is -0.930. The van der Waals surface area contributed by atoms with Gasteiger partial charge in [0.1, 0.15) is 5.82 Å². The lowest BCUT2D eigenvalue weighted by Crippen LogP contribution is -2.33. The van der Waals surface area contributed by atoms with Gasteiger partial charge in [-0.3, -0.25) is 0 Å². The second-order valence-corrected chi connectivity index (χ2v) is 4.55. The quantitative estimate of drug-likeness (QED) is 0.771. The molecule has 1 rings (SSSR count). The summed E-state index contributed by atoms with van der Waals surface area (Å²) in [7, 11) is 1.68. The highest BCUT2D eigenvalue weighted by Crippen LogP contribution is 2.23. The molecule has 0 spiro atoms. The summed E-state index contributed by atoms with van der Waals surface area (Å²) in [6.45, 7) is 7.56. The Bertz CT molecular complexity index is 354. The van der Waals surface area contributed by atoms with Gasteiger partial charge >= 0.3 is 0 Å². The van der Waals surface area contributed by atoms with Gasteiger partial charge in [0.2, 0.25) is 0 Å². The molecule has 2 atom stereocenters. The number of aryl methyl sites for hydroxylation is 1. The predicted octanol–water partition coefficient (Wildman–Crippen LogP) is 2.86. The van der Waals surface area contributed by atoms with E-state index in [9.17, 15) is 4.39 Å². The average Bonchev–Trinajstić information content (AvgIpc) is 2.31. The van der Waals surface area contributed by atoms with Crippen molar-refractivity contribution in [2.75, 3.05) is 20.3 Å². The molecule has 0 aromatic heterocycles. The Kier molecular flexibility index (Phi) is 5.59. The number of benzene rings is 1. The Morgan fingerprint density at radius 1 is 1.35 bits per heavy atom. The van der Waals surface area contributed by atoms with E-state index in [1.807, 2.05) is 19.9 Å². The maximum Gasteiger partial charge on any atom is 0.126 e. The van der Waals surface area contributed by atoms with Crippen LogP contribution in [0, 0.1) is 12.7 Å². The molecule has 0 radical (unpaired) electrons. The first-order valence-corrected chi connectivity index (χ1v) is 6.04. The molecule has 0 saturated carbocycles. The molecule has 0 amide bonds. The van der Waals surface area contributed by atoms with E-state index >= 15 is 0 Å². The molecular formula is C14H22FNO. The first-order chi connectivity index (χ1) is 8.06. The highest BCUT2D eigenvalue weighted by molar-refractivity contribution is 5.27. The smallest absolute Gasteiger partial charge is 0.126 e. The summed E-state index contributed by atoms with van der Waals surface area (Å²) >= 11 is 0. The molecule has 1 aromatic carbocycles. The molecule has 1 aromatic rings. The van der Waals surface area contributed by atoms with E-state index < -0.39 is 0 Å². The van der Waals surface area contributed by atoms with Crippen LogP contribution < -0.4 is 5.32 Å². The van der Waals surface area contributed by atoms with Gasteiger partial charge in [0.05, 0.1) is 6.61 Å². The van der Waals surface area contributed by atoms with E-state index in [1.165, 1.54) is 0 Å². The van der Waals surface area contributed by atoms with Crippen LogP contribution in [-0.2, 0) is 4.74 Å². The molecule has 3 heteroatoms. The third-order valence-corrected chi connectivity index (χ3v) is 3.16. The van der Waals surface area contributed by atoms with Crippen molar-refractivity contribution in [2.45, 2.75) is 32.7 Å². The summed E-state index contributed by atoms with van der Waals surface area (Å²) in [6.07, 6.45) is 0. The van der Waals surface area contributed by atoms with Gasteiger partial charge in [-0.25, -0.2) is 4.39 Å². The molecule has 0 aliphatic carbocycles. The first kappa shape index (κ1) is 14.1. The van der Waals surface area contributed by atoms with Gasteiger partial charge in [-0.15, -0.1) is 0 Å². The summed E-state index contributed by atoms with van der Waals surface area (Å²) in [5.74, 6) is 0.0234. The minimum Gasteiger partial charge on any atom is -0.383 e. The van der Waals surface area contributed by atoms with Crippen molar-refractivity contribution in [1.29, 1.82) is 0 Å². The molecule has 0 aliphatic rings. The van der Waals surface area contributed by atoms with Gasteiger partial charge in [-0.1, -0.05) is 24.6 Å². The Morgan fingerprint density at radius 3 is 2.71 bits per heavy atom. The normalized spacial score (nSPS) is 14.6. The molecule has 0 saturated heterocycles. The van der Waals surface area contributed by atoms with E-state index in [4.69, 9.17) is 4.74 Å². The molecule has 1 N–H and O–H groups in total. The first-order valence-electron chi connectivity index (χ1n) is 6.04. The number of hydrogen-bond acceptors (Lipinski definition) is 2. The SMILES string of the molecule is COCCNC(C)C(C)c1cc(C)ccc1F.